The highest BCUT2D eigenvalue weighted by Crippen LogP contribution is 2.42. The number of carbonyl (C=O) groups is 1. The van der Waals surface area contributed by atoms with Gasteiger partial charge in [0.15, 0.2) is 0 Å². The smallest absolute Gasteiger partial charge is 0.312 e. The molecule has 2 heterocycles. The summed E-state index contributed by atoms with van der Waals surface area (Å²) in [6.07, 6.45) is 0.110. The first kappa shape index (κ1) is 15.4. The molecule has 0 aliphatic carbocycles. The third-order valence-corrected chi connectivity index (χ3v) is 4.44. The van der Waals surface area contributed by atoms with E-state index in [1.165, 1.54) is 0 Å². The minimum Gasteiger partial charge on any atom is -0.494 e. The van der Waals surface area contributed by atoms with E-state index in [0.717, 1.165) is 10.9 Å². The number of H-pyrrole nitrogens is 1. The lowest BCUT2D eigenvalue weighted by Gasteiger charge is -2.26. The number of aromatic nitrogens is 1. The number of aromatic amines is 1. The van der Waals surface area contributed by atoms with Crippen LogP contribution in [-0.4, -0.2) is 17.6 Å². The number of para-hydroxylation sites is 2. The topological polar surface area (TPSA) is 68.4 Å². The number of pyridine rings is 1. The van der Waals surface area contributed by atoms with Gasteiger partial charge in [-0.2, -0.15) is 0 Å². The summed E-state index contributed by atoms with van der Waals surface area (Å²) in [7, 11) is 0. The molecule has 1 aromatic heterocycles. The van der Waals surface area contributed by atoms with E-state index in [2.05, 4.69) is 4.98 Å². The minimum absolute atomic E-state index is 0.110. The molecule has 0 spiro atoms. The maximum absolute atomic E-state index is 12.7. The Hall–Kier alpha value is -3.08. The number of ether oxygens (including phenoxy) is 2. The zero-order chi connectivity index (χ0) is 17.4. The van der Waals surface area contributed by atoms with Crippen LogP contribution in [0.3, 0.4) is 0 Å². The van der Waals surface area contributed by atoms with Crippen molar-refractivity contribution in [2.24, 2.45) is 0 Å². The first-order valence-corrected chi connectivity index (χ1v) is 8.26. The van der Waals surface area contributed by atoms with Crippen LogP contribution in [0, 0.1) is 0 Å². The molecule has 3 aromatic rings. The van der Waals surface area contributed by atoms with Crippen LogP contribution >= 0.6 is 0 Å². The molecule has 4 rings (SSSR count). The van der Waals surface area contributed by atoms with Gasteiger partial charge in [-0.1, -0.05) is 30.3 Å². The summed E-state index contributed by atoms with van der Waals surface area (Å²) in [5, 5.41) is 0.726. The molecule has 126 valence electrons. The highest BCUT2D eigenvalue weighted by molar-refractivity contribution is 5.91. The van der Waals surface area contributed by atoms with Crippen molar-refractivity contribution < 1.29 is 14.3 Å². The highest BCUT2D eigenvalue weighted by Gasteiger charge is 2.34. The second-order valence-corrected chi connectivity index (χ2v) is 5.94. The summed E-state index contributed by atoms with van der Waals surface area (Å²) >= 11 is 0. The van der Waals surface area contributed by atoms with Crippen molar-refractivity contribution in [2.45, 2.75) is 19.3 Å². The van der Waals surface area contributed by atoms with Crippen molar-refractivity contribution in [3.63, 3.8) is 0 Å². The lowest BCUT2D eigenvalue weighted by atomic mass is 9.86. The Labute approximate surface area is 144 Å². The van der Waals surface area contributed by atoms with Crippen molar-refractivity contribution in [1.29, 1.82) is 0 Å². The van der Waals surface area contributed by atoms with Crippen LogP contribution in [0.1, 0.15) is 30.4 Å². The summed E-state index contributed by atoms with van der Waals surface area (Å²) in [6, 6.07) is 14.8. The summed E-state index contributed by atoms with van der Waals surface area (Å²) < 4.78 is 11.2. The quantitative estimate of drug-likeness (QED) is 0.745. The van der Waals surface area contributed by atoms with Gasteiger partial charge in [0.05, 0.1) is 24.1 Å². The van der Waals surface area contributed by atoms with Gasteiger partial charge in [-0.05, 0) is 25.1 Å². The van der Waals surface area contributed by atoms with Crippen molar-refractivity contribution in [1.82, 2.24) is 4.98 Å². The van der Waals surface area contributed by atoms with E-state index in [1.807, 2.05) is 49.4 Å². The summed E-state index contributed by atoms with van der Waals surface area (Å²) in [6.45, 7) is 2.41. The lowest BCUT2D eigenvalue weighted by molar-refractivity contribution is -0.135. The molecule has 25 heavy (non-hydrogen) atoms. The molecule has 0 saturated heterocycles. The Morgan fingerprint density at radius 1 is 1.12 bits per heavy atom. The number of hydrogen-bond donors (Lipinski definition) is 1. The molecule has 5 nitrogen and oxygen atoms in total. The molecular weight excluding hydrogens is 318 g/mol. The van der Waals surface area contributed by atoms with Crippen LogP contribution in [0.25, 0.3) is 10.9 Å². The van der Waals surface area contributed by atoms with Crippen LogP contribution in [0.2, 0.25) is 0 Å². The molecule has 0 radical (unpaired) electrons. The van der Waals surface area contributed by atoms with Gasteiger partial charge in [0.2, 0.25) is 0 Å². The van der Waals surface area contributed by atoms with Crippen LogP contribution in [0.4, 0.5) is 0 Å². The number of esters is 1. The van der Waals surface area contributed by atoms with E-state index in [9.17, 15) is 9.59 Å². The Morgan fingerprint density at radius 2 is 1.88 bits per heavy atom. The monoisotopic (exact) mass is 335 g/mol. The molecule has 0 bridgehead atoms. The Bertz CT molecular complexity index is 1020. The van der Waals surface area contributed by atoms with Crippen molar-refractivity contribution in [2.75, 3.05) is 6.61 Å². The Kier molecular flexibility index (Phi) is 3.76. The largest absolute Gasteiger partial charge is 0.494 e. The number of carbonyl (C=O) groups excluding carboxylic acids is 1. The van der Waals surface area contributed by atoms with E-state index in [-0.39, 0.29) is 17.9 Å². The number of benzene rings is 2. The normalized spacial score (nSPS) is 16.4. The fraction of sp³-hybridized carbons (Fsp3) is 0.200. The molecule has 0 unspecified atom stereocenters. The minimum atomic E-state index is -0.396. The van der Waals surface area contributed by atoms with E-state index >= 15 is 0 Å². The zero-order valence-corrected chi connectivity index (χ0v) is 13.7. The highest BCUT2D eigenvalue weighted by atomic mass is 16.5. The second-order valence-electron chi connectivity index (χ2n) is 5.94. The van der Waals surface area contributed by atoms with Gasteiger partial charge in [-0.15, -0.1) is 0 Å². The molecule has 2 aromatic carbocycles. The Morgan fingerprint density at radius 3 is 2.72 bits per heavy atom. The molecule has 0 amide bonds. The maximum Gasteiger partial charge on any atom is 0.312 e. The second kappa shape index (κ2) is 6.09. The predicted molar refractivity (Wildman–Crippen MR) is 94.3 cm³/mol. The molecule has 0 saturated carbocycles. The number of rotatable bonds is 3. The van der Waals surface area contributed by atoms with Crippen LogP contribution in [0.15, 0.2) is 53.3 Å². The number of nitrogens with one attached hydrogen (secondary N) is 1. The summed E-state index contributed by atoms with van der Waals surface area (Å²) in [4.78, 5) is 27.9. The van der Waals surface area contributed by atoms with E-state index in [1.54, 1.807) is 6.07 Å². The van der Waals surface area contributed by atoms with E-state index in [4.69, 9.17) is 9.47 Å². The summed E-state index contributed by atoms with van der Waals surface area (Å²) in [5.74, 6) is 0.294. The SMILES string of the molecule is CCOc1ccccc1[C@H]1CC(=O)Oc2c1c(=O)[nH]c1ccccc21. The van der Waals surface area contributed by atoms with Crippen molar-refractivity contribution in [3.8, 4) is 11.5 Å². The Balaban J connectivity index is 1.98. The van der Waals surface area contributed by atoms with E-state index in [0.29, 0.717) is 29.2 Å². The first-order valence-electron chi connectivity index (χ1n) is 8.26. The molecule has 1 N–H and O–H groups in total. The zero-order valence-electron chi connectivity index (χ0n) is 13.7. The van der Waals surface area contributed by atoms with E-state index < -0.39 is 5.92 Å². The maximum atomic E-state index is 12.7. The molecular formula is C20H17NO4. The molecule has 1 aliphatic rings. The predicted octanol–water partition coefficient (Wildman–Crippen LogP) is 3.37. The molecule has 1 aliphatic heterocycles. The fourth-order valence-electron chi connectivity index (χ4n) is 3.40. The van der Waals surface area contributed by atoms with Gasteiger partial charge in [0, 0.05) is 16.9 Å². The number of hydrogen-bond acceptors (Lipinski definition) is 4. The van der Waals surface area contributed by atoms with Crippen molar-refractivity contribution in [3.05, 3.63) is 70.0 Å². The van der Waals surface area contributed by atoms with Gasteiger partial charge < -0.3 is 14.5 Å². The van der Waals surface area contributed by atoms with Gasteiger partial charge >= 0.3 is 5.97 Å². The average molecular weight is 335 g/mol. The number of fused-ring (bicyclic) bond motifs is 3. The van der Waals surface area contributed by atoms with Crippen LogP contribution in [-0.2, 0) is 4.79 Å². The van der Waals surface area contributed by atoms with Crippen molar-refractivity contribution >= 4 is 16.9 Å². The van der Waals surface area contributed by atoms with Gasteiger partial charge in [0.25, 0.3) is 5.56 Å². The van der Waals surface area contributed by atoms with Gasteiger partial charge in [0.1, 0.15) is 11.5 Å². The standard InChI is InChI=1S/C20H17NO4/c1-2-24-16-10-6-4-7-12(16)14-11-17(22)25-19-13-8-3-5-9-15(13)21-20(23)18(14)19/h3-10,14H,2,11H2,1H3,(H,21,23)/t14-/m1/s1. The third-order valence-electron chi connectivity index (χ3n) is 4.44. The fourth-order valence-corrected chi connectivity index (χ4v) is 3.40. The molecule has 0 fully saturated rings. The lowest BCUT2D eigenvalue weighted by Crippen LogP contribution is -2.28. The third kappa shape index (κ3) is 2.58. The van der Waals surface area contributed by atoms with Crippen LogP contribution in [0.5, 0.6) is 11.5 Å². The first-order chi connectivity index (χ1) is 12.2. The van der Waals surface area contributed by atoms with Gasteiger partial charge in [-0.25, -0.2) is 0 Å². The van der Waals surface area contributed by atoms with Gasteiger partial charge in [-0.3, -0.25) is 9.59 Å². The molecule has 5 heteroatoms. The summed E-state index contributed by atoms with van der Waals surface area (Å²) in [5.41, 5.74) is 1.71. The average Bonchev–Trinajstić information content (AvgIpc) is 2.62. The van der Waals surface area contributed by atoms with Crippen LogP contribution < -0.4 is 15.0 Å². The molecule has 1 atom stereocenters.